The summed E-state index contributed by atoms with van der Waals surface area (Å²) in [7, 11) is 0. The van der Waals surface area contributed by atoms with Crippen LogP contribution in [-0.4, -0.2) is 29.0 Å². The molecule has 0 spiro atoms. The second-order valence-electron chi connectivity index (χ2n) is 5.85. The first kappa shape index (κ1) is 13.8. The Morgan fingerprint density at radius 3 is 2.43 bits per heavy atom. The molecule has 0 aliphatic carbocycles. The molecule has 7 nitrogen and oxygen atoms in total. The van der Waals surface area contributed by atoms with Crippen molar-refractivity contribution in [2.45, 2.75) is 43.8 Å². The van der Waals surface area contributed by atoms with Crippen LogP contribution in [0, 0.1) is 10.1 Å². The number of carbonyl (C=O) groups excluding carboxylic acids is 1. The average Bonchev–Trinajstić information content (AvgIpc) is 2.69. The smallest absolute Gasteiger partial charge is 0.270 e. The van der Waals surface area contributed by atoms with Crippen LogP contribution in [0.25, 0.3) is 0 Å². The van der Waals surface area contributed by atoms with Crippen LogP contribution in [0.2, 0.25) is 0 Å². The average molecular weight is 290 g/mol. The van der Waals surface area contributed by atoms with Crippen LogP contribution in [-0.2, 0) is 0 Å². The molecular weight excluding hydrogens is 272 g/mol. The van der Waals surface area contributed by atoms with Gasteiger partial charge in [0, 0.05) is 30.3 Å². The highest BCUT2D eigenvalue weighted by molar-refractivity contribution is 5.99. The van der Waals surface area contributed by atoms with Crippen molar-refractivity contribution in [2.75, 3.05) is 4.90 Å². The van der Waals surface area contributed by atoms with E-state index < -0.39 is 10.8 Å². The second kappa shape index (κ2) is 5.00. The highest BCUT2D eigenvalue weighted by Crippen LogP contribution is 2.40. The Morgan fingerprint density at radius 2 is 1.90 bits per heavy atom. The van der Waals surface area contributed by atoms with Crippen molar-refractivity contribution in [3.8, 4) is 0 Å². The van der Waals surface area contributed by atoms with Crippen LogP contribution >= 0.6 is 0 Å². The van der Waals surface area contributed by atoms with Crippen LogP contribution in [0.5, 0.6) is 0 Å². The van der Waals surface area contributed by atoms with E-state index in [4.69, 9.17) is 11.5 Å². The maximum Gasteiger partial charge on any atom is 0.270 e. The monoisotopic (exact) mass is 290 g/mol. The molecule has 2 bridgehead atoms. The van der Waals surface area contributed by atoms with Crippen LogP contribution in [0.3, 0.4) is 0 Å². The maximum atomic E-state index is 11.7. The molecule has 2 heterocycles. The minimum Gasteiger partial charge on any atom is -0.366 e. The third-order valence-corrected chi connectivity index (χ3v) is 4.50. The molecule has 4 N–H and O–H groups in total. The third kappa shape index (κ3) is 2.33. The Kier molecular flexibility index (Phi) is 3.29. The number of nitro benzene ring substituents is 1. The number of nitrogens with zero attached hydrogens (tertiary/aromatic N) is 2. The lowest BCUT2D eigenvalue weighted by Crippen LogP contribution is -2.48. The largest absolute Gasteiger partial charge is 0.366 e. The van der Waals surface area contributed by atoms with E-state index in [-0.39, 0.29) is 17.3 Å². The third-order valence-electron chi connectivity index (χ3n) is 4.50. The van der Waals surface area contributed by atoms with E-state index in [0.717, 1.165) is 25.7 Å². The van der Waals surface area contributed by atoms with Gasteiger partial charge >= 0.3 is 0 Å². The molecule has 2 aliphatic heterocycles. The maximum absolute atomic E-state index is 11.7. The zero-order chi connectivity index (χ0) is 15.1. The van der Waals surface area contributed by atoms with E-state index in [1.807, 2.05) is 0 Å². The van der Waals surface area contributed by atoms with Gasteiger partial charge in [-0.15, -0.1) is 0 Å². The lowest BCUT2D eigenvalue weighted by atomic mass is 9.96. The minimum absolute atomic E-state index is 0.117. The van der Waals surface area contributed by atoms with Crippen molar-refractivity contribution < 1.29 is 9.72 Å². The fraction of sp³-hybridized carbons (Fsp3) is 0.500. The van der Waals surface area contributed by atoms with E-state index in [1.165, 1.54) is 12.1 Å². The molecule has 2 aliphatic rings. The van der Waals surface area contributed by atoms with Crippen LogP contribution < -0.4 is 16.4 Å². The Labute approximate surface area is 122 Å². The highest BCUT2D eigenvalue weighted by Gasteiger charge is 2.40. The van der Waals surface area contributed by atoms with Crippen molar-refractivity contribution >= 4 is 17.3 Å². The number of fused-ring (bicyclic) bond motifs is 2. The Morgan fingerprint density at radius 1 is 1.29 bits per heavy atom. The summed E-state index contributed by atoms with van der Waals surface area (Å²) in [4.78, 5) is 24.2. The number of hydrogen-bond donors (Lipinski definition) is 2. The van der Waals surface area contributed by atoms with E-state index >= 15 is 0 Å². The van der Waals surface area contributed by atoms with Crippen molar-refractivity contribution in [3.63, 3.8) is 0 Å². The van der Waals surface area contributed by atoms with Gasteiger partial charge in [-0.3, -0.25) is 14.9 Å². The van der Waals surface area contributed by atoms with Gasteiger partial charge in [-0.25, -0.2) is 0 Å². The van der Waals surface area contributed by atoms with Gasteiger partial charge in [-0.2, -0.15) is 0 Å². The molecular formula is C14H18N4O3. The summed E-state index contributed by atoms with van der Waals surface area (Å²) >= 11 is 0. The van der Waals surface area contributed by atoms with Gasteiger partial charge in [0.05, 0.1) is 16.2 Å². The number of rotatable bonds is 3. The highest BCUT2D eigenvalue weighted by atomic mass is 16.6. The zero-order valence-corrected chi connectivity index (χ0v) is 11.6. The number of primary amides is 1. The number of amides is 1. The summed E-state index contributed by atoms with van der Waals surface area (Å²) in [5.74, 6) is -0.636. The number of anilines is 1. The number of benzene rings is 1. The van der Waals surface area contributed by atoms with E-state index in [9.17, 15) is 14.9 Å². The first-order valence-electron chi connectivity index (χ1n) is 7.09. The van der Waals surface area contributed by atoms with Gasteiger partial charge in [0.1, 0.15) is 0 Å². The molecule has 2 saturated heterocycles. The fourth-order valence-electron chi connectivity index (χ4n) is 3.67. The summed E-state index contributed by atoms with van der Waals surface area (Å²) in [5.41, 5.74) is 12.3. The molecule has 1 amide bonds. The molecule has 2 unspecified atom stereocenters. The minimum atomic E-state index is -0.636. The molecule has 3 rings (SSSR count). The Bertz CT molecular complexity index is 590. The molecule has 112 valence electrons. The molecule has 0 saturated carbocycles. The predicted octanol–water partition coefficient (Wildman–Crippen LogP) is 1.15. The molecule has 2 fully saturated rings. The SMILES string of the molecule is NC(=O)c1cc([N+](=O)[O-])ccc1N1C2CCC1CC(N)C2. The molecule has 7 heteroatoms. The van der Waals surface area contributed by atoms with E-state index in [1.54, 1.807) is 6.07 Å². The van der Waals surface area contributed by atoms with Crippen molar-refractivity contribution in [3.05, 3.63) is 33.9 Å². The van der Waals surface area contributed by atoms with Gasteiger partial charge in [-0.1, -0.05) is 0 Å². The quantitative estimate of drug-likeness (QED) is 0.640. The summed E-state index contributed by atoms with van der Waals surface area (Å²) in [6.45, 7) is 0. The summed E-state index contributed by atoms with van der Waals surface area (Å²) in [5, 5.41) is 10.9. The van der Waals surface area contributed by atoms with Crippen molar-refractivity contribution in [1.82, 2.24) is 0 Å². The standard InChI is InChI=1S/C14H18N4O3/c15-8-5-9-1-2-10(6-8)17(9)13-4-3-11(18(20)21)7-12(13)14(16)19/h3-4,7-10H,1-2,5-6,15H2,(H2,16,19). The zero-order valence-electron chi connectivity index (χ0n) is 11.6. The van der Waals surface area contributed by atoms with Crippen molar-refractivity contribution in [2.24, 2.45) is 11.5 Å². The predicted molar refractivity (Wildman–Crippen MR) is 78.1 cm³/mol. The van der Waals surface area contributed by atoms with Crippen LogP contribution in [0.1, 0.15) is 36.0 Å². The number of nitrogens with two attached hydrogens (primary N) is 2. The fourth-order valence-corrected chi connectivity index (χ4v) is 3.67. The Balaban J connectivity index is 2.02. The lowest BCUT2D eigenvalue weighted by molar-refractivity contribution is -0.384. The Hall–Kier alpha value is -2.15. The van der Waals surface area contributed by atoms with Gasteiger partial charge in [0.25, 0.3) is 11.6 Å². The van der Waals surface area contributed by atoms with Gasteiger partial charge in [0.2, 0.25) is 0 Å². The first-order chi connectivity index (χ1) is 9.97. The van der Waals surface area contributed by atoms with Gasteiger partial charge < -0.3 is 16.4 Å². The molecule has 0 radical (unpaired) electrons. The normalized spacial score (nSPS) is 27.7. The molecule has 0 aromatic heterocycles. The van der Waals surface area contributed by atoms with Gasteiger partial charge in [0.15, 0.2) is 0 Å². The number of carbonyl (C=O) groups is 1. The molecule has 21 heavy (non-hydrogen) atoms. The topological polar surface area (TPSA) is 115 Å². The number of hydrogen-bond acceptors (Lipinski definition) is 5. The first-order valence-corrected chi connectivity index (χ1v) is 7.09. The van der Waals surface area contributed by atoms with E-state index in [2.05, 4.69) is 4.90 Å². The van der Waals surface area contributed by atoms with E-state index in [0.29, 0.717) is 17.8 Å². The number of non-ortho nitro benzene ring substituents is 1. The molecule has 1 aromatic carbocycles. The summed E-state index contributed by atoms with van der Waals surface area (Å²) in [6, 6.07) is 5.10. The lowest BCUT2D eigenvalue weighted by Gasteiger charge is -2.40. The van der Waals surface area contributed by atoms with Crippen LogP contribution in [0.4, 0.5) is 11.4 Å². The second-order valence-corrected chi connectivity index (χ2v) is 5.85. The summed E-state index contributed by atoms with van der Waals surface area (Å²) in [6.07, 6.45) is 3.83. The summed E-state index contributed by atoms with van der Waals surface area (Å²) < 4.78 is 0. The van der Waals surface area contributed by atoms with Crippen LogP contribution in [0.15, 0.2) is 18.2 Å². The number of nitro groups is 1. The van der Waals surface area contributed by atoms with Gasteiger partial charge in [-0.05, 0) is 31.7 Å². The number of piperidine rings is 1. The molecule has 2 atom stereocenters. The van der Waals surface area contributed by atoms with Crippen molar-refractivity contribution in [1.29, 1.82) is 0 Å². The molecule has 1 aromatic rings.